The van der Waals surface area contributed by atoms with Crippen molar-refractivity contribution in [3.05, 3.63) is 0 Å². The lowest BCUT2D eigenvalue weighted by molar-refractivity contribution is -0.123. The van der Waals surface area contributed by atoms with Gasteiger partial charge in [-0.25, -0.2) is 0 Å². The number of carbonyl (C=O) groups is 1. The van der Waals surface area contributed by atoms with Gasteiger partial charge in [0.15, 0.2) is 0 Å². The van der Waals surface area contributed by atoms with E-state index in [0.29, 0.717) is 17.3 Å². The van der Waals surface area contributed by atoms with E-state index in [-0.39, 0.29) is 12.0 Å². The molecule has 0 aromatic heterocycles. The Hall–Kier alpha value is -0.680. The first-order valence-electron chi connectivity index (χ1n) is 8.24. The van der Waals surface area contributed by atoms with Crippen molar-refractivity contribution in [2.75, 3.05) is 6.61 Å². The second kappa shape index (κ2) is 7.54. The molecule has 4 nitrogen and oxygen atoms in total. The van der Waals surface area contributed by atoms with Crippen molar-refractivity contribution in [1.82, 2.24) is 5.32 Å². The topological polar surface area (TPSA) is 64.3 Å². The van der Waals surface area contributed by atoms with Crippen LogP contribution in [0.1, 0.15) is 64.7 Å². The summed E-state index contributed by atoms with van der Waals surface area (Å²) in [5, 5.41) is 3.13. The van der Waals surface area contributed by atoms with E-state index < -0.39 is 5.54 Å². The van der Waals surface area contributed by atoms with E-state index in [4.69, 9.17) is 22.7 Å². The molecule has 0 bridgehead atoms. The summed E-state index contributed by atoms with van der Waals surface area (Å²) in [6.07, 6.45) is 8.87. The number of carbonyl (C=O) groups excluding carboxylic acids is 1. The molecule has 3 N–H and O–H groups in total. The van der Waals surface area contributed by atoms with Crippen LogP contribution in [0, 0.1) is 5.92 Å². The molecule has 1 aliphatic carbocycles. The fourth-order valence-electron chi connectivity index (χ4n) is 3.34. The number of ether oxygens (including phenoxy) is 1. The van der Waals surface area contributed by atoms with E-state index in [1.807, 2.05) is 0 Å². The van der Waals surface area contributed by atoms with E-state index in [2.05, 4.69) is 12.2 Å². The Morgan fingerprint density at radius 1 is 1.33 bits per heavy atom. The number of nitrogens with two attached hydrogens (primary N) is 1. The lowest BCUT2D eigenvalue weighted by Gasteiger charge is -2.39. The normalized spacial score (nSPS) is 33.4. The van der Waals surface area contributed by atoms with Gasteiger partial charge in [-0.05, 0) is 57.3 Å². The molecule has 1 aliphatic heterocycles. The van der Waals surface area contributed by atoms with Gasteiger partial charge in [0.05, 0.1) is 16.6 Å². The molecule has 1 saturated heterocycles. The highest BCUT2D eigenvalue weighted by atomic mass is 32.1. The van der Waals surface area contributed by atoms with Gasteiger partial charge in [-0.3, -0.25) is 4.79 Å². The lowest BCUT2D eigenvalue weighted by atomic mass is 9.77. The Labute approximate surface area is 133 Å². The lowest BCUT2D eigenvalue weighted by Crippen LogP contribution is -2.58. The molecule has 0 aromatic rings. The SMILES string of the molecule is CC1CCC(NC(=O)CCC2CCCCO2)(C(N)=S)CC1. The Morgan fingerprint density at radius 2 is 2.05 bits per heavy atom. The second-order valence-corrected chi connectivity index (χ2v) is 7.14. The number of rotatable bonds is 5. The molecule has 1 amide bonds. The van der Waals surface area contributed by atoms with Crippen LogP contribution in [0.4, 0.5) is 0 Å². The van der Waals surface area contributed by atoms with E-state index >= 15 is 0 Å². The third-order valence-electron chi connectivity index (χ3n) is 4.95. The average Bonchev–Trinajstić information content (AvgIpc) is 2.48. The van der Waals surface area contributed by atoms with Crippen molar-refractivity contribution in [1.29, 1.82) is 0 Å². The summed E-state index contributed by atoms with van der Waals surface area (Å²) in [5.41, 5.74) is 5.47. The number of amides is 1. The maximum absolute atomic E-state index is 12.3. The predicted molar refractivity (Wildman–Crippen MR) is 88.1 cm³/mol. The van der Waals surface area contributed by atoms with Crippen LogP contribution in [0.25, 0.3) is 0 Å². The van der Waals surface area contributed by atoms with Gasteiger partial charge < -0.3 is 15.8 Å². The van der Waals surface area contributed by atoms with Crippen molar-refractivity contribution < 1.29 is 9.53 Å². The molecule has 1 unspecified atom stereocenters. The van der Waals surface area contributed by atoms with Crippen molar-refractivity contribution in [3.8, 4) is 0 Å². The Kier molecular flexibility index (Phi) is 5.99. The van der Waals surface area contributed by atoms with E-state index in [1.165, 1.54) is 6.42 Å². The van der Waals surface area contributed by atoms with Gasteiger partial charge >= 0.3 is 0 Å². The summed E-state index contributed by atoms with van der Waals surface area (Å²) in [6, 6.07) is 0. The molecule has 0 aromatic carbocycles. The summed E-state index contributed by atoms with van der Waals surface area (Å²) in [7, 11) is 0. The first kappa shape index (κ1) is 16.7. The van der Waals surface area contributed by atoms with Crippen LogP contribution in [0.3, 0.4) is 0 Å². The number of hydrogen-bond acceptors (Lipinski definition) is 3. The molecule has 5 heteroatoms. The van der Waals surface area contributed by atoms with Gasteiger partial charge in [-0.15, -0.1) is 0 Å². The summed E-state index contributed by atoms with van der Waals surface area (Å²) in [4.78, 5) is 12.7. The molecule has 1 atom stereocenters. The van der Waals surface area contributed by atoms with Crippen LogP contribution in [0.2, 0.25) is 0 Å². The van der Waals surface area contributed by atoms with E-state index in [0.717, 1.165) is 51.6 Å². The highest BCUT2D eigenvalue weighted by Crippen LogP contribution is 2.32. The molecule has 2 aliphatic rings. The summed E-state index contributed by atoms with van der Waals surface area (Å²) < 4.78 is 5.67. The second-order valence-electron chi connectivity index (χ2n) is 6.70. The third-order valence-corrected chi connectivity index (χ3v) is 5.34. The third kappa shape index (κ3) is 4.65. The largest absolute Gasteiger partial charge is 0.391 e. The highest BCUT2D eigenvalue weighted by molar-refractivity contribution is 7.80. The maximum Gasteiger partial charge on any atom is 0.220 e. The van der Waals surface area contributed by atoms with Crippen LogP contribution >= 0.6 is 12.2 Å². The molecule has 120 valence electrons. The van der Waals surface area contributed by atoms with E-state index in [9.17, 15) is 4.79 Å². The minimum absolute atomic E-state index is 0.0616. The first-order valence-corrected chi connectivity index (χ1v) is 8.65. The maximum atomic E-state index is 12.3. The fourth-order valence-corrected chi connectivity index (χ4v) is 3.60. The van der Waals surface area contributed by atoms with E-state index in [1.54, 1.807) is 0 Å². The quantitative estimate of drug-likeness (QED) is 0.766. The van der Waals surface area contributed by atoms with Crippen molar-refractivity contribution in [2.24, 2.45) is 11.7 Å². The van der Waals surface area contributed by atoms with Gasteiger partial charge in [0, 0.05) is 13.0 Å². The van der Waals surface area contributed by atoms with Crippen molar-refractivity contribution in [2.45, 2.75) is 76.4 Å². The zero-order valence-electron chi connectivity index (χ0n) is 13.0. The summed E-state index contributed by atoms with van der Waals surface area (Å²) in [6.45, 7) is 3.08. The molecule has 0 spiro atoms. The van der Waals surface area contributed by atoms with Crippen LogP contribution in [0.5, 0.6) is 0 Å². The molecular weight excluding hydrogens is 284 g/mol. The van der Waals surface area contributed by atoms with Gasteiger partial charge in [0.2, 0.25) is 5.91 Å². The Balaban J connectivity index is 1.82. The average molecular weight is 312 g/mol. The highest BCUT2D eigenvalue weighted by Gasteiger charge is 2.38. The van der Waals surface area contributed by atoms with Gasteiger partial charge in [0.25, 0.3) is 0 Å². The Bertz CT molecular complexity index is 372. The molecule has 0 radical (unpaired) electrons. The smallest absolute Gasteiger partial charge is 0.220 e. The predicted octanol–water partition coefficient (Wildman–Crippen LogP) is 2.69. The van der Waals surface area contributed by atoms with Crippen LogP contribution in [-0.2, 0) is 9.53 Å². The summed E-state index contributed by atoms with van der Waals surface area (Å²) >= 11 is 5.23. The first-order chi connectivity index (χ1) is 10.0. The number of nitrogens with one attached hydrogen (secondary N) is 1. The van der Waals surface area contributed by atoms with Gasteiger partial charge in [-0.1, -0.05) is 19.1 Å². The fraction of sp³-hybridized carbons (Fsp3) is 0.875. The van der Waals surface area contributed by atoms with Crippen LogP contribution in [-0.4, -0.2) is 29.1 Å². The molecule has 2 rings (SSSR count). The molecule has 21 heavy (non-hydrogen) atoms. The monoisotopic (exact) mass is 312 g/mol. The van der Waals surface area contributed by atoms with Crippen molar-refractivity contribution >= 4 is 23.1 Å². The van der Waals surface area contributed by atoms with Gasteiger partial charge in [-0.2, -0.15) is 0 Å². The minimum atomic E-state index is -0.452. The minimum Gasteiger partial charge on any atom is -0.391 e. The van der Waals surface area contributed by atoms with Crippen LogP contribution < -0.4 is 11.1 Å². The number of thiocarbonyl (C=S) groups is 1. The number of hydrogen-bond donors (Lipinski definition) is 2. The zero-order valence-corrected chi connectivity index (χ0v) is 13.8. The zero-order chi connectivity index (χ0) is 15.3. The molecule has 2 fully saturated rings. The molecule has 1 heterocycles. The van der Waals surface area contributed by atoms with Gasteiger partial charge in [0.1, 0.15) is 0 Å². The van der Waals surface area contributed by atoms with Crippen LogP contribution in [0.15, 0.2) is 0 Å². The standard InChI is InChI=1S/C16H28N2O2S/c1-12-7-9-16(10-8-12,15(17)21)18-14(19)6-5-13-4-2-3-11-20-13/h12-13H,2-11H2,1H3,(H2,17,21)(H,18,19). The molecule has 1 saturated carbocycles. The molecular formula is C16H28N2O2S. The Morgan fingerprint density at radius 3 is 2.62 bits per heavy atom. The summed E-state index contributed by atoms with van der Waals surface area (Å²) in [5.74, 6) is 0.756. The van der Waals surface area contributed by atoms with Crippen molar-refractivity contribution in [3.63, 3.8) is 0 Å².